The average Bonchev–Trinajstić information content (AvgIpc) is 3.04. The van der Waals surface area contributed by atoms with Gasteiger partial charge in [0, 0.05) is 12.7 Å². The number of benzene rings is 1. The molecule has 0 spiro atoms. The van der Waals surface area contributed by atoms with E-state index in [9.17, 15) is 4.79 Å². The molecule has 5 heteroatoms. The number of rotatable bonds is 3. The van der Waals surface area contributed by atoms with Crippen molar-refractivity contribution >= 4 is 11.9 Å². The second kappa shape index (κ2) is 6.47. The van der Waals surface area contributed by atoms with Gasteiger partial charge < -0.3 is 15.4 Å². The second-order valence-corrected chi connectivity index (χ2v) is 5.41. The van der Waals surface area contributed by atoms with E-state index in [1.54, 1.807) is 17.2 Å². The topological polar surface area (TPSA) is 68.5 Å². The molecule has 1 aromatic heterocycles. The summed E-state index contributed by atoms with van der Waals surface area (Å²) in [7, 11) is 0. The third kappa shape index (κ3) is 3.19. The van der Waals surface area contributed by atoms with Gasteiger partial charge >= 0.3 is 6.09 Å². The van der Waals surface area contributed by atoms with Gasteiger partial charge in [-0.2, -0.15) is 0 Å². The molecular formula is C17H19N3O2. The van der Waals surface area contributed by atoms with Gasteiger partial charge in [-0.3, -0.25) is 0 Å². The molecule has 2 N–H and O–H groups in total. The van der Waals surface area contributed by atoms with Crippen molar-refractivity contribution in [3.05, 3.63) is 59.8 Å². The summed E-state index contributed by atoms with van der Waals surface area (Å²) in [6, 6.07) is 13.4. The molecule has 22 heavy (non-hydrogen) atoms. The number of pyridine rings is 1. The number of aromatic nitrogens is 1. The van der Waals surface area contributed by atoms with E-state index in [-0.39, 0.29) is 12.1 Å². The molecule has 1 aliphatic heterocycles. The van der Waals surface area contributed by atoms with Crippen molar-refractivity contribution in [2.45, 2.75) is 25.5 Å². The van der Waals surface area contributed by atoms with Crippen molar-refractivity contribution in [1.82, 2.24) is 9.88 Å². The molecule has 0 unspecified atom stereocenters. The summed E-state index contributed by atoms with van der Waals surface area (Å²) < 4.78 is 5.43. The Balaban J connectivity index is 1.65. The standard InChI is InChI=1S/C17H19N3O2/c18-16-9-8-14(11-19-16)15-7-4-10-20(15)17(21)22-12-13-5-2-1-3-6-13/h1-3,5-6,8-9,11,15H,4,7,10,12H2,(H2,18,19)/t15-/m1/s1. The molecule has 0 aliphatic carbocycles. The predicted molar refractivity (Wildman–Crippen MR) is 84.0 cm³/mol. The summed E-state index contributed by atoms with van der Waals surface area (Å²) >= 11 is 0. The van der Waals surface area contributed by atoms with Gasteiger partial charge in [-0.1, -0.05) is 36.4 Å². The highest BCUT2D eigenvalue weighted by Crippen LogP contribution is 2.32. The minimum atomic E-state index is -0.275. The zero-order chi connectivity index (χ0) is 15.4. The lowest BCUT2D eigenvalue weighted by Gasteiger charge is -2.24. The Bertz CT molecular complexity index is 628. The number of hydrogen-bond acceptors (Lipinski definition) is 4. The van der Waals surface area contributed by atoms with Gasteiger partial charge in [0.2, 0.25) is 0 Å². The van der Waals surface area contributed by atoms with E-state index in [0.29, 0.717) is 19.0 Å². The highest BCUT2D eigenvalue weighted by molar-refractivity contribution is 5.68. The summed E-state index contributed by atoms with van der Waals surface area (Å²) in [5.74, 6) is 0.486. The Labute approximate surface area is 129 Å². The highest BCUT2D eigenvalue weighted by atomic mass is 16.6. The number of likely N-dealkylation sites (tertiary alicyclic amines) is 1. The molecule has 5 nitrogen and oxygen atoms in total. The monoisotopic (exact) mass is 297 g/mol. The van der Waals surface area contributed by atoms with Crippen LogP contribution in [0.25, 0.3) is 0 Å². The summed E-state index contributed by atoms with van der Waals surface area (Å²) in [6.45, 7) is 1.01. The van der Waals surface area contributed by atoms with E-state index < -0.39 is 0 Å². The number of hydrogen-bond donors (Lipinski definition) is 1. The molecular weight excluding hydrogens is 278 g/mol. The molecule has 1 aromatic carbocycles. The van der Waals surface area contributed by atoms with E-state index in [4.69, 9.17) is 10.5 Å². The molecule has 0 bridgehead atoms. The molecule has 1 saturated heterocycles. The Kier molecular flexibility index (Phi) is 4.23. The van der Waals surface area contributed by atoms with Crippen LogP contribution in [0, 0.1) is 0 Å². The lowest BCUT2D eigenvalue weighted by atomic mass is 10.1. The third-order valence-corrected chi connectivity index (χ3v) is 3.89. The maximum Gasteiger partial charge on any atom is 0.410 e. The van der Waals surface area contributed by atoms with Crippen LogP contribution in [0.3, 0.4) is 0 Å². The summed E-state index contributed by atoms with van der Waals surface area (Å²) in [5.41, 5.74) is 7.61. The first-order valence-corrected chi connectivity index (χ1v) is 7.43. The number of nitrogens with zero attached hydrogens (tertiary/aromatic N) is 2. The van der Waals surface area contributed by atoms with Crippen LogP contribution in [0.15, 0.2) is 48.7 Å². The SMILES string of the molecule is Nc1ccc([C@H]2CCCN2C(=O)OCc2ccccc2)cn1. The number of anilines is 1. The summed E-state index contributed by atoms with van der Waals surface area (Å²) in [4.78, 5) is 18.2. The third-order valence-electron chi connectivity index (χ3n) is 3.89. The first-order valence-electron chi connectivity index (χ1n) is 7.43. The lowest BCUT2D eigenvalue weighted by Crippen LogP contribution is -2.31. The van der Waals surface area contributed by atoms with Crippen LogP contribution < -0.4 is 5.73 Å². The minimum Gasteiger partial charge on any atom is -0.445 e. The van der Waals surface area contributed by atoms with E-state index in [2.05, 4.69) is 4.98 Å². The lowest BCUT2D eigenvalue weighted by molar-refractivity contribution is 0.0920. The van der Waals surface area contributed by atoms with E-state index in [1.807, 2.05) is 36.4 Å². The van der Waals surface area contributed by atoms with Crippen molar-refractivity contribution in [3.63, 3.8) is 0 Å². The van der Waals surface area contributed by atoms with Gasteiger partial charge in [0.25, 0.3) is 0 Å². The highest BCUT2D eigenvalue weighted by Gasteiger charge is 2.31. The summed E-state index contributed by atoms with van der Waals surface area (Å²) in [5, 5.41) is 0. The van der Waals surface area contributed by atoms with Crippen molar-refractivity contribution in [1.29, 1.82) is 0 Å². The number of carbonyl (C=O) groups excluding carboxylic acids is 1. The van der Waals surface area contributed by atoms with E-state index in [1.165, 1.54) is 0 Å². The average molecular weight is 297 g/mol. The van der Waals surface area contributed by atoms with Crippen molar-refractivity contribution < 1.29 is 9.53 Å². The predicted octanol–water partition coefficient (Wildman–Crippen LogP) is 3.14. The molecule has 1 atom stereocenters. The first-order chi connectivity index (χ1) is 10.7. The smallest absolute Gasteiger partial charge is 0.410 e. The van der Waals surface area contributed by atoms with Crippen LogP contribution in [-0.4, -0.2) is 22.5 Å². The number of ether oxygens (including phenoxy) is 1. The minimum absolute atomic E-state index is 0.0244. The molecule has 2 aromatic rings. The van der Waals surface area contributed by atoms with Crippen molar-refractivity contribution in [2.75, 3.05) is 12.3 Å². The number of carbonyl (C=O) groups is 1. The van der Waals surface area contributed by atoms with Gasteiger partial charge in [-0.05, 0) is 30.0 Å². The van der Waals surface area contributed by atoms with Crippen LogP contribution in [0.4, 0.5) is 10.6 Å². The van der Waals surface area contributed by atoms with Crippen LogP contribution in [0.2, 0.25) is 0 Å². The fourth-order valence-electron chi connectivity index (χ4n) is 2.75. The number of nitrogen functional groups attached to an aromatic ring is 1. The Morgan fingerprint density at radius 3 is 2.82 bits per heavy atom. The largest absolute Gasteiger partial charge is 0.445 e. The molecule has 1 amide bonds. The molecule has 0 saturated carbocycles. The molecule has 2 heterocycles. The fourth-order valence-corrected chi connectivity index (χ4v) is 2.75. The van der Waals surface area contributed by atoms with Crippen LogP contribution in [-0.2, 0) is 11.3 Å². The fraction of sp³-hybridized carbons (Fsp3) is 0.294. The van der Waals surface area contributed by atoms with Crippen LogP contribution in [0.5, 0.6) is 0 Å². The number of amides is 1. The van der Waals surface area contributed by atoms with Crippen LogP contribution in [0.1, 0.15) is 30.0 Å². The Morgan fingerprint density at radius 2 is 2.09 bits per heavy atom. The normalized spacial score (nSPS) is 17.5. The molecule has 3 rings (SSSR count). The van der Waals surface area contributed by atoms with Crippen LogP contribution >= 0.6 is 0 Å². The molecule has 1 aliphatic rings. The molecule has 0 radical (unpaired) electrons. The molecule has 1 fully saturated rings. The van der Waals surface area contributed by atoms with E-state index in [0.717, 1.165) is 24.0 Å². The quantitative estimate of drug-likeness (QED) is 0.945. The first kappa shape index (κ1) is 14.4. The van der Waals surface area contributed by atoms with Gasteiger partial charge in [0.15, 0.2) is 0 Å². The molecule has 114 valence electrons. The van der Waals surface area contributed by atoms with Gasteiger partial charge in [-0.25, -0.2) is 9.78 Å². The zero-order valence-electron chi connectivity index (χ0n) is 12.3. The van der Waals surface area contributed by atoms with Crippen molar-refractivity contribution in [2.24, 2.45) is 0 Å². The van der Waals surface area contributed by atoms with Crippen molar-refractivity contribution in [3.8, 4) is 0 Å². The van der Waals surface area contributed by atoms with Gasteiger partial charge in [0.1, 0.15) is 12.4 Å². The second-order valence-electron chi connectivity index (χ2n) is 5.41. The maximum absolute atomic E-state index is 12.3. The Morgan fingerprint density at radius 1 is 1.27 bits per heavy atom. The summed E-state index contributed by atoms with van der Waals surface area (Å²) in [6.07, 6.45) is 3.35. The Hall–Kier alpha value is -2.56. The van der Waals surface area contributed by atoms with E-state index >= 15 is 0 Å². The maximum atomic E-state index is 12.3. The zero-order valence-corrected chi connectivity index (χ0v) is 12.3. The number of nitrogens with two attached hydrogens (primary N) is 1. The van der Waals surface area contributed by atoms with Gasteiger partial charge in [0.05, 0.1) is 6.04 Å². The van der Waals surface area contributed by atoms with Gasteiger partial charge in [-0.15, -0.1) is 0 Å².